The number of nitro benzene ring substituents is 1. The standard InChI is InChI=1S/C13H16BrFN2O2/c1-12(2)11(13(12,3)4)16-9-6-8(15)7(14)5-10(9)17(18)19/h5-6,11,16H,1-4H3. The second kappa shape index (κ2) is 4.16. The molecular weight excluding hydrogens is 315 g/mol. The molecule has 0 atom stereocenters. The van der Waals surface area contributed by atoms with Crippen LogP contribution in [0.15, 0.2) is 16.6 Å². The van der Waals surface area contributed by atoms with Gasteiger partial charge in [0.15, 0.2) is 0 Å². The van der Waals surface area contributed by atoms with Gasteiger partial charge in [-0.2, -0.15) is 0 Å². The van der Waals surface area contributed by atoms with Gasteiger partial charge in [0, 0.05) is 18.2 Å². The Balaban J connectivity index is 2.36. The van der Waals surface area contributed by atoms with Crippen molar-refractivity contribution in [1.29, 1.82) is 0 Å². The molecule has 0 saturated heterocycles. The monoisotopic (exact) mass is 330 g/mol. The highest BCUT2D eigenvalue weighted by Gasteiger charge is 2.65. The molecule has 0 bridgehead atoms. The highest BCUT2D eigenvalue weighted by molar-refractivity contribution is 9.10. The van der Waals surface area contributed by atoms with Gasteiger partial charge in [-0.15, -0.1) is 0 Å². The zero-order chi connectivity index (χ0) is 14.6. The average molecular weight is 331 g/mol. The maximum absolute atomic E-state index is 13.6. The van der Waals surface area contributed by atoms with Crippen molar-refractivity contribution in [2.45, 2.75) is 33.7 Å². The fourth-order valence-electron chi connectivity index (χ4n) is 2.52. The maximum atomic E-state index is 13.6. The molecule has 104 valence electrons. The second-order valence-corrected chi connectivity index (χ2v) is 6.92. The molecule has 1 saturated carbocycles. The molecule has 1 aliphatic rings. The number of rotatable bonds is 3. The van der Waals surface area contributed by atoms with Crippen LogP contribution in [-0.2, 0) is 0 Å². The van der Waals surface area contributed by atoms with Crippen LogP contribution in [0.4, 0.5) is 15.8 Å². The minimum absolute atomic E-state index is 0.0183. The summed E-state index contributed by atoms with van der Waals surface area (Å²) in [7, 11) is 0. The predicted molar refractivity (Wildman–Crippen MR) is 75.7 cm³/mol. The minimum Gasteiger partial charge on any atom is -0.376 e. The highest BCUT2D eigenvalue weighted by Crippen LogP contribution is 2.64. The van der Waals surface area contributed by atoms with Crippen LogP contribution in [0.2, 0.25) is 0 Å². The van der Waals surface area contributed by atoms with Crippen molar-refractivity contribution in [2.24, 2.45) is 10.8 Å². The molecule has 0 unspecified atom stereocenters. The first-order chi connectivity index (χ1) is 8.59. The zero-order valence-electron chi connectivity index (χ0n) is 11.3. The number of nitrogens with one attached hydrogen (secondary N) is 1. The predicted octanol–water partition coefficient (Wildman–Crippen LogP) is 4.34. The molecule has 0 aromatic heterocycles. The lowest BCUT2D eigenvalue weighted by Crippen LogP contribution is -2.12. The molecule has 6 heteroatoms. The van der Waals surface area contributed by atoms with Gasteiger partial charge in [0.2, 0.25) is 0 Å². The molecule has 4 nitrogen and oxygen atoms in total. The van der Waals surface area contributed by atoms with Crippen molar-refractivity contribution in [1.82, 2.24) is 0 Å². The van der Waals surface area contributed by atoms with Gasteiger partial charge in [0.1, 0.15) is 11.5 Å². The summed E-state index contributed by atoms with van der Waals surface area (Å²) in [4.78, 5) is 10.5. The van der Waals surface area contributed by atoms with Crippen molar-refractivity contribution in [2.75, 3.05) is 5.32 Å². The summed E-state index contributed by atoms with van der Waals surface area (Å²) < 4.78 is 13.7. The summed E-state index contributed by atoms with van der Waals surface area (Å²) in [6, 6.07) is 2.45. The second-order valence-electron chi connectivity index (χ2n) is 6.06. The largest absolute Gasteiger partial charge is 0.376 e. The molecule has 1 fully saturated rings. The van der Waals surface area contributed by atoms with E-state index in [9.17, 15) is 14.5 Å². The van der Waals surface area contributed by atoms with Crippen LogP contribution in [-0.4, -0.2) is 11.0 Å². The van der Waals surface area contributed by atoms with Gasteiger partial charge in [-0.05, 0) is 26.8 Å². The summed E-state index contributed by atoms with van der Waals surface area (Å²) in [5.74, 6) is -0.510. The van der Waals surface area contributed by atoms with E-state index < -0.39 is 10.7 Å². The normalized spacial score (nSPS) is 20.1. The molecule has 1 aromatic carbocycles. The Morgan fingerprint density at radius 2 is 1.84 bits per heavy atom. The minimum atomic E-state index is -0.510. The Hall–Kier alpha value is -1.17. The molecule has 2 rings (SSSR count). The Bertz CT molecular complexity index is 544. The van der Waals surface area contributed by atoms with Gasteiger partial charge in [0.25, 0.3) is 5.69 Å². The molecule has 1 aromatic rings. The van der Waals surface area contributed by atoms with Crippen molar-refractivity contribution >= 4 is 27.3 Å². The van der Waals surface area contributed by atoms with E-state index in [0.29, 0.717) is 0 Å². The lowest BCUT2D eigenvalue weighted by atomic mass is 10.0. The van der Waals surface area contributed by atoms with E-state index in [1.165, 1.54) is 12.1 Å². The first kappa shape index (κ1) is 14.2. The molecule has 1 N–H and O–H groups in total. The Morgan fingerprint density at radius 1 is 1.32 bits per heavy atom. The number of benzene rings is 1. The third-order valence-electron chi connectivity index (χ3n) is 4.56. The summed E-state index contributed by atoms with van der Waals surface area (Å²) in [5, 5.41) is 14.1. The summed E-state index contributed by atoms with van der Waals surface area (Å²) >= 11 is 2.97. The molecule has 19 heavy (non-hydrogen) atoms. The fourth-order valence-corrected chi connectivity index (χ4v) is 2.85. The van der Waals surface area contributed by atoms with Crippen LogP contribution in [0, 0.1) is 26.8 Å². The lowest BCUT2D eigenvalue weighted by Gasteiger charge is -2.09. The third-order valence-corrected chi connectivity index (χ3v) is 5.16. The van der Waals surface area contributed by atoms with Gasteiger partial charge in [-0.3, -0.25) is 10.1 Å². The number of nitrogens with zero attached hydrogens (tertiary/aromatic N) is 1. The molecule has 0 radical (unpaired) electrons. The number of anilines is 1. The first-order valence-electron chi connectivity index (χ1n) is 5.99. The third kappa shape index (κ3) is 2.12. The number of hydrogen-bond donors (Lipinski definition) is 1. The van der Waals surface area contributed by atoms with Crippen molar-refractivity contribution in [3.8, 4) is 0 Å². The van der Waals surface area contributed by atoms with Gasteiger partial charge >= 0.3 is 0 Å². The zero-order valence-corrected chi connectivity index (χ0v) is 12.8. The molecule has 1 aliphatic carbocycles. The van der Waals surface area contributed by atoms with E-state index in [1.807, 2.05) is 0 Å². The van der Waals surface area contributed by atoms with Crippen molar-refractivity contribution < 1.29 is 9.31 Å². The van der Waals surface area contributed by atoms with Crippen LogP contribution in [0.3, 0.4) is 0 Å². The Kier molecular flexibility index (Phi) is 3.12. The first-order valence-corrected chi connectivity index (χ1v) is 6.78. The smallest absolute Gasteiger partial charge is 0.293 e. The number of halogens is 2. The van der Waals surface area contributed by atoms with Crippen LogP contribution in [0.25, 0.3) is 0 Å². The molecule has 0 aliphatic heterocycles. The van der Waals surface area contributed by atoms with E-state index in [2.05, 4.69) is 48.9 Å². The van der Waals surface area contributed by atoms with Gasteiger partial charge in [0.05, 0.1) is 9.40 Å². The number of nitro groups is 1. The van der Waals surface area contributed by atoms with Crippen molar-refractivity contribution in [3.05, 3.63) is 32.5 Å². The van der Waals surface area contributed by atoms with E-state index in [0.717, 1.165) is 0 Å². The van der Waals surface area contributed by atoms with Gasteiger partial charge in [-0.25, -0.2) is 4.39 Å². The molecule has 0 amide bonds. The molecule has 0 heterocycles. The SMILES string of the molecule is CC1(C)C(Nc2cc(F)c(Br)cc2[N+](=O)[O-])C1(C)C. The van der Waals surface area contributed by atoms with Crippen LogP contribution in [0.5, 0.6) is 0 Å². The topological polar surface area (TPSA) is 55.2 Å². The molecular formula is C13H16BrFN2O2. The Labute approximate surface area is 119 Å². The van der Waals surface area contributed by atoms with E-state index >= 15 is 0 Å². The van der Waals surface area contributed by atoms with E-state index in [-0.39, 0.29) is 32.7 Å². The van der Waals surface area contributed by atoms with Crippen LogP contribution in [0.1, 0.15) is 27.7 Å². The summed E-state index contributed by atoms with van der Waals surface area (Å²) in [5.41, 5.74) is 0.149. The van der Waals surface area contributed by atoms with E-state index in [1.54, 1.807) is 0 Å². The summed E-state index contributed by atoms with van der Waals surface area (Å²) in [6.07, 6.45) is 0. The van der Waals surface area contributed by atoms with Gasteiger partial charge < -0.3 is 5.32 Å². The van der Waals surface area contributed by atoms with Crippen LogP contribution >= 0.6 is 15.9 Å². The average Bonchev–Trinajstić information content (AvgIpc) is 2.65. The fraction of sp³-hybridized carbons (Fsp3) is 0.538. The number of hydrogen-bond acceptors (Lipinski definition) is 3. The maximum Gasteiger partial charge on any atom is 0.293 e. The quantitative estimate of drug-likeness (QED) is 0.662. The highest BCUT2D eigenvalue weighted by atomic mass is 79.9. The Morgan fingerprint density at radius 3 is 2.26 bits per heavy atom. The van der Waals surface area contributed by atoms with Crippen LogP contribution < -0.4 is 5.32 Å². The molecule has 0 spiro atoms. The van der Waals surface area contributed by atoms with Gasteiger partial charge in [-0.1, -0.05) is 27.7 Å². The lowest BCUT2D eigenvalue weighted by molar-refractivity contribution is -0.384. The summed E-state index contributed by atoms with van der Waals surface area (Å²) in [6.45, 7) is 8.36. The van der Waals surface area contributed by atoms with E-state index in [4.69, 9.17) is 0 Å². The van der Waals surface area contributed by atoms with Crippen molar-refractivity contribution in [3.63, 3.8) is 0 Å².